The smallest absolute Gasteiger partial charge is 0.336 e. The van der Waals surface area contributed by atoms with Crippen LogP contribution in [0.5, 0.6) is 0 Å². The van der Waals surface area contributed by atoms with E-state index in [0.29, 0.717) is 0 Å². The molecule has 0 aromatic heterocycles. The van der Waals surface area contributed by atoms with E-state index in [1.807, 2.05) is 51.1 Å². The van der Waals surface area contributed by atoms with E-state index < -0.39 is 54.7 Å². The van der Waals surface area contributed by atoms with Gasteiger partial charge in [0.25, 0.3) is 0 Å². The summed E-state index contributed by atoms with van der Waals surface area (Å²) in [6, 6.07) is 9.41. The van der Waals surface area contributed by atoms with Crippen molar-refractivity contribution in [3.8, 4) is 0 Å². The Kier molecular flexibility index (Phi) is 9.95. The van der Waals surface area contributed by atoms with Crippen LogP contribution in [0.3, 0.4) is 0 Å². The molecule has 0 fully saturated rings. The van der Waals surface area contributed by atoms with Crippen molar-refractivity contribution in [1.82, 2.24) is 0 Å². The summed E-state index contributed by atoms with van der Waals surface area (Å²) in [5.41, 5.74) is -3.28. The van der Waals surface area contributed by atoms with Crippen molar-refractivity contribution in [2.45, 2.75) is 53.1 Å². The number of carboxylic acids is 1. The maximum atomic E-state index is 11.9. The molecule has 0 aliphatic rings. The molecule has 0 aliphatic carbocycles. The molecule has 1 aromatic carbocycles. The first-order chi connectivity index (χ1) is 13.2. The van der Waals surface area contributed by atoms with Crippen LogP contribution >= 0.6 is 0 Å². The fourth-order valence-electron chi connectivity index (χ4n) is 3.19. The molecule has 2 unspecified atom stereocenters. The van der Waals surface area contributed by atoms with Gasteiger partial charge in [0.15, 0.2) is 5.60 Å². The highest BCUT2D eigenvalue weighted by Gasteiger charge is 2.57. The lowest BCUT2D eigenvalue weighted by Gasteiger charge is -2.48. The Morgan fingerprint density at radius 2 is 1.21 bits per heavy atom. The van der Waals surface area contributed by atoms with Crippen molar-refractivity contribution >= 4 is 5.97 Å². The lowest BCUT2D eigenvalue weighted by atomic mass is 9.59. The molecule has 0 spiro atoms. The second-order valence-electron chi connectivity index (χ2n) is 9.66. The molecule has 6 N–H and O–H groups in total. The maximum absolute atomic E-state index is 11.9. The molecule has 0 saturated heterocycles. The van der Waals surface area contributed by atoms with Crippen molar-refractivity contribution in [1.29, 1.82) is 0 Å². The molecule has 29 heavy (non-hydrogen) atoms. The summed E-state index contributed by atoms with van der Waals surface area (Å²) in [6.45, 7) is 9.56. The third-order valence-electron chi connectivity index (χ3n) is 5.23. The zero-order valence-corrected chi connectivity index (χ0v) is 18.4. The van der Waals surface area contributed by atoms with Crippen LogP contribution in [-0.2, 0) is 4.79 Å². The molecule has 1 rings (SSSR count). The number of benzene rings is 1. The molecule has 0 radical (unpaired) electrons. The van der Waals surface area contributed by atoms with Crippen LogP contribution in [0.2, 0.25) is 0 Å². The average molecular weight is 415 g/mol. The molecule has 0 aliphatic heterocycles. The summed E-state index contributed by atoms with van der Waals surface area (Å²) in [4.78, 5) is 11.9. The first-order valence-corrected chi connectivity index (χ1v) is 9.61. The number of rotatable bonds is 7. The number of aliphatic hydroxyl groups excluding tert-OH is 4. The minimum atomic E-state index is -1.84. The summed E-state index contributed by atoms with van der Waals surface area (Å²) >= 11 is 0. The van der Waals surface area contributed by atoms with E-state index in [1.54, 1.807) is 20.8 Å². The summed E-state index contributed by atoms with van der Waals surface area (Å²) < 4.78 is 0. The molecular weight excluding hydrogens is 376 g/mol. The van der Waals surface area contributed by atoms with E-state index >= 15 is 0 Å². The van der Waals surface area contributed by atoms with Gasteiger partial charge >= 0.3 is 5.97 Å². The molecule has 0 heterocycles. The largest absolute Gasteiger partial charge is 0.479 e. The van der Waals surface area contributed by atoms with Crippen molar-refractivity contribution < 1.29 is 35.4 Å². The van der Waals surface area contributed by atoms with Crippen LogP contribution in [0.15, 0.2) is 30.3 Å². The summed E-state index contributed by atoms with van der Waals surface area (Å²) in [5.74, 6) is -1.68. The minimum absolute atomic E-state index is 0.387. The van der Waals surface area contributed by atoms with Gasteiger partial charge in [-0.2, -0.15) is 0 Å². The zero-order valence-electron chi connectivity index (χ0n) is 18.4. The normalized spacial score (nSPS) is 15.7. The van der Waals surface area contributed by atoms with Gasteiger partial charge in [0, 0.05) is 11.3 Å². The van der Waals surface area contributed by atoms with Gasteiger partial charge in [-0.05, 0) is 11.0 Å². The summed E-state index contributed by atoms with van der Waals surface area (Å²) in [6.07, 6.45) is 0. The summed E-state index contributed by atoms with van der Waals surface area (Å²) in [5, 5.41) is 54.8. The minimum Gasteiger partial charge on any atom is -0.479 e. The van der Waals surface area contributed by atoms with Crippen LogP contribution in [-0.4, -0.2) is 68.6 Å². The molecule has 7 heteroatoms. The molecule has 168 valence electrons. The fraction of sp³-hybridized carbons (Fsp3) is 0.682. The summed E-state index contributed by atoms with van der Waals surface area (Å²) in [7, 11) is 0. The Balaban J connectivity index is 0.000000734. The van der Waals surface area contributed by atoms with Gasteiger partial charge in [0.1, 0.15) is 0 Å². The monoisotopic (exact) mass is 414 g/mol. The molecule has 0 saturated carbocycles. The van der Waals surface area contributed by atoms with E-state index in [2.05, 4.69) is 0 Å². The van der Waals surface area contributed by atoms with Crippen LogP contribution in [0.25, 0.3) is 0 Å². The first-order valence-electron chi connectivity index (χ1n) is 9.61. The topological polar surface area (TPSA) is 138 Å². The van der Waals surface area contributed by atoms with Gasteiger partial charge < -0.3 is 30.6 Å². The van der Waals surface area contributed by atoms with Gasteiger partial charge in [-0.1, -0.05) is 71.9 Å². The SMILES string of the molecule is CC(C)(C)C(c1ccccc1)C(O)(C(=O)O)C(C)(C)C.OCC(CO)(CO)CO. The van der Waals surface area contributed by atoms with Gasteiger partial charge in [-0.3, -0.25) is 0 Å². The highest BCUT2D eigenvalue weighted by Crippen LogP contribution is 2.50. The van der Waals surface area contributed by atoms with Gasteiger partial charge in [0.05, 0.1) is 31.8 Å². The van der Waals surface area contributed by atoms with Crippen molar-refractivity contribution in [3.63, 3.8) is 0 Å². The molecular formula is C22H38O7. The second kappa shape index (κ2) is 10.5. The van der Waals surface area contributed by atoms with Gasteiger partial charge in [0.2, 0.25) is 0 Å². The van der Waals surface area contributed by atoms with Crippen molar-refractivity contribution in [2.75, 3.05) is 26.4 Å². The predicted molar refractivity (Wildman–Crippen MR) is 111 cm³/mol. The Morgan fingerprint density at radius 1 is 0.828 bits per heavy atom. The molecule has 7 nitrogen and oxygen atoms in total. The number of hydrogen-bond donors (Lipinski definition) is 6. The Labute approximate surface area is 173 Å². The van der Waals surface area contributed by atoms with E-state index in [0.717, 1.165) is 5.56 Å². The van der Waals surface area contributed by atoms with Gasteiger partial charge in [-0.25, -0.2) is 4.79 Å². The molecule has 0 bridgehead atoms. The molecule has 1 aromatic rings. The first kappa shape index (κ1) is 27.5. The standard InChI is InChI=1S/C17H26O3.C5H12O4/c1-15(2,3)13(12-10-8-7-9-11-12)17(20,14(18)19)16(4,5)6;6-1-5(2-7,3-8)4-9/h7-11,13,20H,1-6H3,(H,18,19);6-9H,1-4H2. The number of aliphatic hydroxyl groups is 5. The van der Waals surface area contributed by atoms with E-state index in [4.69, 9.17) is 20.4 Å². The number of aliphatic carboxylic acids is 1. The van der Waals surface area contributed by atoms with E-state index in [1.165, 1.54) is 0 Å². The maximum Gasteiger partial charge on any atom is 0.336 e. The van der Waals surface area contributed by atoms with Gasteiger partial charge in [-0.15, -0.1) is 0 Å². The zero-order chi connectivity index (χ0) is 23.1. The molecule has 2 atom stereocenters. The lowest BCUT2D eigenvalue weighted by molar-refractivity contribution is -0.181. The Morgan fingerprint density at radius 3 is 1.41 bits per heavy atom. The average Bonchev–Trinajstić information content (AvgIpc) is 2.63. The highest BCUT2D eigenvalue weighted by atomic mass is 16.4. The van der Waals surface area contributed by atoms with E-state index in [-0.39, 0.29) is 5.41 Å². The van der Waals surface area contributed by atoms with Crippen molar-refractivity contribution in [3.05, 3.63) is 35.9 Å². The third-order valence-corrected chi connectivity index (χ3v) is 5.23. The van der Waals surface area contributed by atoms with Crippen LogP contribution in [0, 0.1) is 16.2 Å². The van der Waals surface area contributed by atoms with Crippen LogP contribution < -0.4 is 0 Å². The lowest BCUT2D eigenvalue weighted by Crippen LogP contribution is -2.57. The number of carbonyl (C=O) groups is 1. The van der Waals surface area contributed by atoms with Crippen LogP contribution in [0.1, 0.15) is 53.0 Å². The Bertz CT molecular complexity index is 595. The fourth-order valence-corrected chi connectivity index (χ4v) is 3.19. The van der Waals surface area contributed by atoms with Crippen LogP contribution in [0.4, 0.5) is 0 Å². The quantitative estimate of drug-likeness (QED) is 0.399. The van der Waals surface area contributed by atoms with E-state index in [9.17, 15) is 15.0 Å². The molecule has 0 amide bonds. The Hall–Kier alpha value is -1.51. The number of hydrogen-bond acceptors (Lipinski definition) is 6. The highest BCUT2D eigenvalue weighted by molar-refractivity contribution is 5.80. The predicted octanol–water partition coefficient (Wildman–Crippen LogP) is 1.62. The van der Waals surface area contributed by atoms with Crippen molar-refractivity contribution in [2.24, 2.45) is 16.2 Å². The third kappa shape index (κ3) is 6.49. The second-order valence-corrected chi connectivity index (χ2v) is 9.66. The number of carboxylic acid groups (broad SMARTS) is 1.